The van der Waals surface area contributed by atoms with E-state index in [9.17, 15) is 19.2 Å². The topological polar surface area (TPSA) is 114 Å². The molecule has 9 heteroatoms. The molecule has 128 valence electrons. The number of carbonyl (C=O) groups excluding carboxylic acids is 4. The molecular formula is C14H19O9+. The molecule has 0 radical (unpaired) electrons. The molecule has 1 aliphatic rings. The maximum atomic E-state index is 11.3. The molecule has 3 unspecified atom stereocenters. The number of hydrogen-bond acceptors (Lipinski definition) is 9. The lowest BCUT2D eigenvalue weighted by molar-refractivity contribution is -0.217. The van der Waals surface area contributed by atoms with Gasteiger partial charge in [0.25, 0.3) is 6.61 Å². The van der Waals surface area contributed by atoms with Crippen molar-refractivity contribution in [3.63, 3.8) is 0 Å². The smallest absolute Gasteiger partial charge is 0.311 e. The van der Waals surface area contributed by atoms with Gasteiger partial charge >= 0.3 is 30.0 Å². The van der Waals surface area contributed by atoms with Gasteiger partial charge in [-0.05, 0) is 0 Å². The van der Waals surface area contributed by atoms with E-state index in [0.717, 1.165) is 20.5 Å². The predicted octanol–water partition coefficient (Wildman–Crippen LogP) is -0.0948. The van der Waals surface area contributed by atoms with E-state index in [1.54, 1.807) is 0 Å². The summed E-state index contributed by atoms with van der Waals surface area (Å²) in [6.45, 7) is 5.61. The molecule has 0 amide bonds. The van der Waals surface area contributed by atoms with Gasteiger partial charge < -0.3 is 18.9 Å². The summed E-state index contributed by atoms with van der Waals surface area (Å²) in [5.74, 6) is -2.51. The van der Waals surface area contributed by atoms with Crippen molar-refractivity contribution < 1.29 is 42.9 Å². The Hall–Kier alpha value is -2.29. The highest BCUT2D eigenvalue weighted by molar-refractivity contribution is 5.68. The minimum absolute atomic E-state index is 0.228. The van der Waals surface area contributed by atoms with Crippen molar-refractivity contribution in [3.05, 3.63) is 6.61 Å². The van der Waals surface area contributed by atoms with Crippen LogP contribution >= 0.6 is 0 Å². The van der Waals surface area contributed by atoms with Gasteiger partial charge in [-0.15, -0.1) is 0 Å². The second-order valence-electron chi connectivity index (χ2n) is 4.84. The second kappa shape index (κ2) is 8.37. The van der Waals surface area contributed by atoms with Gasteiger partial charge in [-0.2, -0.15) is 4.74 Å². The van der Waals surface area contributed by atoms with Crippen molar-refractivity contribution in [1.29, 1.82) is 0 Å². The highest BCUT2D eigenvalue weighted by Crippen LogP contribution is 2.27. The SMILES string of the molecule is CC(=O)OCC1O[CH+]C(OC(C)=O)C(OC(C)=O)[C@@H]1OC(C)=O. The highest BCUT2D eigenvalue weighted by atomic mass is 16.7. The van der Waals surface area contributed by atoms with E-state index in [0.29, 0.717) is 0 Å². The van der Waals surface area contributed by atoms with Gasteiger partial charge in [0, 0.05) is 27.7 Å². The molecule has 0 saturated carbocycles. The fourth-order valence-corrected chi connectivity index (χ4v) is 2.01. The second-order valence-corrected chi connectivity index (χ2v) is 4.84. The minimum atomic E-state index is -1.12. The molecule has 0 aromatic heterocycles. The summed E-state index contributed by atoms with van der Waals surface area (Å²) in [4.78, 5) is 44.7. The van der Waals surface area contributed by atoms with Gasteiger partial charge in [0.2, 0.25) is 6.10 Å². The van der Waals surface area contributed by atoms with Gasteiger partial charge in [-0.3, -0.25) is 19.2 Å². The predicted molar refractivity (Wildman–Crippen MR) is 72.5 cm³/mol. The van der Waals surface area contributed by atoms with Crippen molar-refractivity contribution in [2.75, 3.05) is 6.61 Å². The van der Waals surface area contributed by atoms with Crippen LogP contribution in [0, 0.1) is 6.61 Å². The summed E-state index contributed by atoms with van der Waals surface area (Å²) in [7, 11) is 0. The Morgan fingerprint density at radius 2 is 1.35 bits per heavy atom. The molecular weight excluding hydrogens is 312 g/mol. The molecule has 0 aromatic carbocycles. The number of esters is 4. The van der Waals surface area contributed by atoms with Crippen molar-refractivity contribution >= 4 is 23.9 Å². The summed E-state index contributed by atoms with van der Waals surface area (Å²) in [5.41, 5.74) is 0. The third kappa shape index (κ3) is 6.15. The largest absolute Gasteiger partial charge is 0.463 e. The maximum absolute atomic E-state index is 11.3. The standard InChI is InChI=1S/C14H19O9/c1-7(15)19-5-11-13(22-9(3)17)14(23-10(4)18)12(6-20-11)21-8(2)16/h6,11-14H,5H2,1-4H3/q+1/t11?,12?,13-,14?/m1/s1. The summed E-state index contributed by atoms with van der Waals surface area (Å²) in [5, 5.41) is 0. The van der Waals surface area contributed by atoms with Gasteiger partial charge in [0.15, 0.2) is 12.2 Å². The van der Waals surface area contributed by atoms with E-state index in [2.05, 4.69) is 0 Å². The Balaban J connectivity index is 2.98. The van der Waals surface area contributed by atoms with E-state index in [1.807, 2.05) is 0 Å². The first-order valence-corrected chi connectivity index (χ1v) is 6.84. The van der Waals surface area contributed by atoms with Gasteiger partial charge in [0.1, 0.15) is 6.61 Å². The van der Waals surface area contributed by atoms with Crippen molar-refractivity contribution in [1.82, 2.24) is 0 Å². The van der Waals surface area contributed by atoms with E-state index < -0.39 is 48.3 Å². The number of carbonyl (C=O) groups is 4. The molecule has 1 aliphatic heterocycles. The monoisotopic (exact) mass is 331 g/mol. The van der Waals surface area contributed by atoms with Gasteiger partial charge in [0.05, 0.1) is 0 Å². The normalized spacial score (nSPS) is 26.4. The lowest BCUT2D eigenvalue weighted by atomic mass is 9.99. The van der Waals surface area contributed by atoms with E-state index in [4.69, 9.17) is 23.7 Å². The lowest BCUT2D eigenvalue weighted by Gasteiger charge is -2.34. The first-order chi connectivity index (χ1) is 10.7. The molecule has 0 aliphatic carbocycles. The van der Waals surface area contributed by atoms with E-state index >= 15 is 0 Å². The summed E-state index contributed by atoms with van der Waals surface area (Å²) >= 11 is 0. The molecule has 0 N–H and O–H groups in total. The number of ether oxygens (including phenoxy) is 5. The zero-order valence-corrected chi connectivity index (χ0v) is 13.3. The average molecular weight is 331 g/mol. The van der Waals surface area contributed by atoms with Crippen LogP contribution in [0.25, 0.3) is 0 Å². The number of rotatable bonds is 5. The molecule has 0 bridgehead atoms. The lowest BCUT2D eigenvalue weighted by Crippen LogP contribution is -2.57. The number of hydrogen-bond donors (Lipinski definition) is 0. The third-order valence-electron chi connectivity index (χ3n) is 2.76. The zero-order chi connectivity index (χ0) is 17.6. The van der Waals surface area contributed by atoms with Crippen LogP contribution in [0.2, 0.25) is 0 Å². The van der Waals surface area contributed by atoms with Crippen molar-refractivity contribution in [3.8, 4) is 0 Å². The first kappa shape index (κ1) is 18.8. The Morgan fingerprint density at radius 3 is 1.83 bits per heavy atom. The van der Waals surface area contributed by atoms with Crippen LogP contribution in [0.5, 0.6) is 0 Å². The fraction of sp³-hybridized carbons (Fsp3) is 0.643. The molecule has 23 heavy (non-hydrogen) atoms. The van der Waals surface area contributed by atoms with Crippen molar-refractivity contribution in [2.24, 2.45) is 0 Å². The molecule has 1 fully saturated rings. The van der Waals surface area contributed by atoms with E-state index in [1.165, 1.54) is 13.8 Å². The summed E-state index contributed by atoms with van der Waals surface area (Å²) in [6, 6.07) is 0. The Bertz CT molecular complexity index is 473. The van der Waals surface area contributed by atoms with Crippen LogP contribution in [0.3, 0.4) is 0 Å². The molecule has 1 saturated heterocycles. The van der Waals surface area contributed by atoms with Crippen LogP contribution < -0.4 is 0 Å². The average Bonchev–Trinajstić information content (AvgIpc) is 2.39. The molecule has 1 rings (SSSR count). The maximum Gasteiger partial charge on any atom is 0.311 e. The molecule has 1 heterocycles. The van der Waals surface area contributed by atoms with Gasteiger partial charge in [-0.1, -0.05) is 0 Å². The zero-order valence-electron chi connectivity index (χ0n) is 13.3. The van der Waals surface area contributed by atoms with Crippen LogP contribution in [-0.2, 0) is 42.9 Å². The first-order valence-electron chi connectivity index (χ1n) is 6.84. The third-order valence-corrected chi connectivity index (χ3v) is 2.76. The fourth-order valence-electron chi connectivity index (χ4n) is 2.01. The summed E-state index contributed by atoms with van der Waals surface area (Å²) in [6.07, 6.45) is -4.19. The Labute approximate surface area is 133 Å². The van der Waals surface area contributed by atoms with Crippen LogP contribution in [0.4, 0.5) is 0 Å². The Kier molecular flexibility index (Phi) is 6.83. The van der Waals surface area contributed by atoms with Crippen LogP contribution in [0.15, 0.2) is 0 Å². The van der Waals surface area contributed by atoms with Gasteiger partial charge in [-0.25, -0.2) is 0 Å². The minimum Gasteiger partial charge on any atom is -0.463 e. The Morgan fingerprint density at radius 1 is 0.826 bits per heavy atom. The van der Waals surface area contributed by atoms with E-state index in [-0.39, 0.29) is 6.61 Å². The molecule has 0 aromatic rings. The highest BCUT2D eigenvalue weighted by Gasteiger charge is 2.53. The molecule has 0 spiro atoms. The van der Waals surface area contributed by atoms with Crippen LogP contribution in [0.1, 0.15) is 27.7 Å². The molecule has 4 atom stereocenters. The summed E-state index contributed by atoms with van der Waals surface area (Å²) < 4.78 is 25.4. The van der Waals surface area contributed by atoms with Crippen LogP contribution in [-0.4, -0.2) is 54.9 Å². The van der Waals surface area contributed by atoms with Crippen molar-refractivity contribution in [2.45, 2.75) is 52.1 Å². The molecule has 9 nitrogen and oxygen atoms in total. The quantitative estimate of drug-likeness (QED) is 0.387.